The molecule has 1 aliphatic rings. The molecule has 5 heteroatoms. The Kier molecular flexibility index (Phi) is 3.41. The third kappa shape index (κ3) is 2.35. The highest BCUT2D eigenvalue weighted by Gasteiger charge is 2.47. The molecule has 0 fully saturated rings. The first-order valence-electron chi connectivity index (χ1n) is 6.95. The van der Waals surface area contributed by atoms with Crippen molar-refractivity contribution in [2.75, 3.05) is 5.32 Å². The Morgan fingerprint density at radius 3 is 2.64 bits per heavy atom. The van der Waals surface area contributed by atoms with E-state index >= 15 is 0 Å². The molecule has 112 valence electrons. The van der Waals surface area contributed by atoms with E-state index in [1.165, 1.54) is 12.1 Å². The maximum absolute atomic E-state index is 13.3. The number of hydrogen-bond donors (Lipinski definition) is 2. The van der Waals surface area contributed by atoms with Gasteiger partial charge in [0, 0.05) is 5.69 Å². The van der Waals surface area contributed by atoms with Gasteiger partial charge < -0.3 is 11.1 Å². The molecule has 0 aliphatic carbocycles. The van der Waals surface area contributed by atoms with E-state index in [1.54, 1.807) is 6.07 Å². The number of fused-ring (bicyclic) bond motifs is 1. The minimum absolute atomic E-state index is 0.165. The first kappa shape index (κ1) is 14.3. The molecular formula is C17H15FN2O2. The standard InChI is InChI=1S/C17H15FN2O2/c18-13-7-6-12-10-17(15(19)21,16(22)20-14(12)8-13)9-11-4-2-1-3-5-11/h1-8H,9-10H2,(H2,19,21)(H,20,22). The predicted molar refractivity (Wildman–Crippen MR) is 80.5 cm³/mol. The van der Waals surface area contributed by atoms with Crippen molar-refractivity contribution in [1.29, 1.82) is 0 Å². The minimum Gasteiger partial charge on any atom is -0.369 e. The molecule has 1 aliphatic heterocycles. The second-order valence-corrected chi connectivity index (χ2v) is 5.54. The Morgan fingerprint density at radius 1 is 1.23 bits per heavy atom. The molecule has 0 saturated heterocycles. The summed E-state index contributed by atoms with van der Waals surface area (Å²) < 4.78 is 13.3. The molecule has 2 aromatic carbocycles. The average molecular weight is 298 g/mol. The molecule has 4 nitrogen and oxygen atoms in total. The Bertz CT molecular complexity index is 746. The number of anilines is 1. The van der Waals surface area contributed by atoms with Gasteiger partial charge in [0.2, 0.25) is 11.8 Å². The highest BCUT2D eigenvalue weighted by molar-refractivity contribution is 6.12. The van der Waals surface area contributed by atoms with Crippen LogP contribution in [0.3, 0.4) is 0 Å². The maximum atomic E-state index is 13.3. The number of halogens is 1. The zero-order valence-electron chi connectivity index (χ0n) is 11.8. The molecule has 0 radical (unpaired) electrons. The van der Waals surface area contributed by atoms with Crippen molar-refractivity contribution in [3.05, 3.63) is 65.5 Å². The number of hydrogen-bond acceptors (Lipinski definition) is 2. The lowest BCUT2D eigenvalue weighted by Crippen LogP contribution is -2.52. The van der Waals surface area contributed by atoms with Crippen LogP contribution < -0.4 is 11.1 Å². The van der Waals surface area contributed by atoms with Crippen molar-refractivity contribution in [2.45, 2.75) is 12.8 Å². The van der Waals surface area contributed by atoms with Crippen molar-refractivity contribution < 1.29 is 14.0 Å². The van der Waals surface area contributed by atoms with Gasteiger partial charge in [-0.2, -0.15) is 0 Å². The fourth-order valence-electron chi connectivity index (χ4n) is 2.84. The molecule has 0 aromatic heterocycles. The predicted octanol–water partition coefficient (Wildman–Crippen LogP) is 2.03. The van der Waals surface area contributed by atoms with Crippen LogP contribution in [0.25, 0.3) is 0 Å². The summed E-state index contributed by atoms with van der Waals surface area (Å²) in [5.41, 5.74) is 6.15. The van der Waals surface area contributed by atoms with Gasteiger partial charge in [-0.1, -0.05) is 36.4 Å². The molecule has 0 bridgehead atoms. The van der Waals surface area contributed by atoms with Crippen LogP contribution >= 0.6 is 0 Å². The van der Waals surface area contributed by atoms with Crippen LogP contribution in [0, 0.1) is 11.2 Å². The minimum atomic E-state index is -1.35. The normalized spacial score (nSPS) is 20.1. The summed E-state index contributed by atoms with van der Waals surface area (Å²) >= 11 is 0. The zero-order valence-corrected chi connectivity index (χ0v) is 11.8. The number of nitrogens with one attached hydrogen (secondary N) is 1. The van der Waals surface area contributed by atoms with Gasteiger partial charge in [0.25, 0.3) is 0 Å². The third-order valence-electron chi connectivity index (χ3n) is 4.07. The summed E-state index contributed by atoms with van der Waals surface area (Å²) in [6.07, 6.45) is 0.379. The number of amides is 2. The van der Waals surface area contributed by atoms with Crippen LogP contribution in [0.2, 0.25) is 0 Å². The van der Waals surface area contributed by atoms with Crippen molar-refractivity contribution in [1.82, 2.24) is 0 Å². The van der Waals surface area contributed by atoms with Crippen LogP contribution in [0.5, 0.6) is 0 Å². The Balaban J connectivity index is 2.02. The molecule has 2 amide bonds. The van der Waals surface area contributed by atoms with E-state index in [-0.39, 0.29) is 12.8 Å². The number of nitrogens with two attached hydrogens (primary N) is 1. The zero-order chi connectivity index (χ0) is 15.7. The third-order valence-corrected chi connectivity index (χ3v) is 4.07. The maximum Gasteiger partial charge on any atom is 0.240 e. The number of carbonyl (C=O) groups excluding carboxylic acids is 2. The summed E-state index contributed by atoms with van der Waals surface area (Å²) in [5, 5.41) is 2.61. The van der Waals surface area contributed by atoms with E-state index in [0.717, 1.165) is 5.56 Å². The molecule has 0 saturated carbocycles. The number of carbonyl (C=O) groups is 2. The van der Waals surface area contributed by atoms with E-state index in [2.05, 4.69) is 5.32 Å². The van der Waals surface area contributed by atoms with Crippen molar-refractivity contribution in [3.63, 3.8) is 0 Å². The van der Waals surface area contributed by atoms with E-state index in [0.29, 0.717) is 11.3 Å². The van der Waals surface area contributed by atoms with Gasteiger partial charge in [-0.25, -0.2) is 4.39 Å². The van der Waals surface area contributed by atoms with E-state index in [9.17, 15) is 14.0 Å². The van der Waals surface area contributed by atoms with Crippen LogP contribution in [0.1, 0.15) is 11.1 Å². The van der Waals surface area contributed by atoms with Crippen LogP contribution in [-0.4, -0.2) is 11.8 Å². The van der Waals surface area contributed by atoms with Crippen molar-refractivity contribution in [2.24, 2.45) is 11.1 Å². The summed E-state index contributed by atoms with van der Waals surface area (Å²) in [7, 11) is 0. The second-order valence-electron chi connectivity index (χ2n) is 5.54. The van der Waals surface area contributed by atoms with E-state index in [4.69, 9.17) is 5.73 Å². The first-order chi connectivity index (χ1) is 10.5. The second kappa shape index (κ2) is 5.26. The molecule has 1 atom stereocenters. The number of primary amides is 1. The molecule has 3 rings (SSSR count). The lowest BCUT2D eigenvalue weighted by atomic mass is 9.72. The topological polar surface area (TPSA) is 72.2 Å². The van der Waals surface area contributed by atoms with Gasteiger partial charge in [0.1, 0.15) is 11.2 Å². The molecular weight excluding hydrogens is 283 g/mol. The van der Waals surface area contributed by atoms with Crippen molar-refractivity contribution in [3.8, 4) is 0 Å². The van der Waals surface area contributed by atoms with Gasteiger partial charge >= 0.3 is 0 Å². The van der Waals surface area contributed by atoms with Gasteiger partial charge in [-0.05, 0) is 36.1 Å². The smallest absolute Gasteiger partial charge is 0.240 e. The molecule has 1 unspecified atom stereocenters. The van der Waals surface area contributed by atoms with Gasteiger partial charge in [-0.15, -0.1) is 0 Å². The fourth-order valence-corrected chi connectivity index (χ4v) is 2.84. The summed E-state index contributed by atoms with van der Waals surface area (Å²) in [5.74, 6) is -1.60. The van der Waals surface area contributed by atoms with E-state index in [1.807, 2.05) is 30.3 Å². The summed E-state index contributed by atoms with van der Waals surface area (Å²) in [6, 6.07) is 13.4. The highest BCUT2D eigenvalue weighted by Crippen LogP contribution is 2.36. The van der Waals surface area contributed by atoms with Gasteiger partial charge in [0.15, 0.2) is 0 Å². The Labute approximate surface area is 127 Å². The molecule has 3 N–H and O–H groups in total. The van der Waals surface area contributed by atoms with Crippen molar-refractivity contribution >= 4 is 17.5 Å². The Hall–Kier alpha value is -2.69. The molecule has 2 aromatic rings. The Morgan fingerprint density at radius 2 is 1.95 bits per heavy atom. The quantitative estimate of drug-likeness (QED) is 0.851. The number of rotatable bonds is 3. The number of benzene rings is 2. The highest BCUT2D eigenvalue weighted by atomic mass is 19.1. The fraction of sp³-hybridized carbons (Fsp3) is 0.176. The van der Waals surface area contributed by atoms with Gasteiger partial charge in [0.05, 0.1) is 0 Å². The van der Waals surface area contributed by atoms with Crippen LogP contribution in [0.15, 0.2) is 48.5 Å². The average Bonchev–Trinajstić information content (AvgIpc) is 2.49. The summed E-state index contributed by atoms with van der Waals surface area (Å²) in [4.78, 5) is 24.6. The largest absolute Gasteiger partial charge is 0.369 e. The monoisotopic (exact) mass is 298 g/mol. The lowest BCUT2D eigenvalue weighted by Gasteiger charge is -2.34. The van der Waals surface area contributed by atoms with Crippen LogP contribution in [-0.2, 0) is 22.4 Å². The SMILES string of the molecule is NC(=O)C1(Cc2ccccc2)Cc2ccc(F)cc2NC1=O. The summed E-state index contributed by atoms with van der Waals surface area (Å²) in [6.45, 7) is 0. The molecule has 0 spiro atoms. The lowest BCUT2D eigenvalue weighted by molar-refractivity contribution is -0.138. The van der Waals surface area contributed by atoms with Crippen LogP contribution in [0.4, 0.5) is 10.1 Å². The van der Waals surface area contributed by atoms with E-state index < -0.39 is 23.0 Å². The molecule has 1 heterocycles. The van der Waals surface area contributed by atoms with Gasteiger partial charge in [-0.3, -0.25) is 9.59 Å². The molecule has 22 heavy (non-hydrogen) atoms. The first-order valence-corrected chi connectivity index (χ1v) is 6.95.